The van der Waals surface area contributed by atoms with Crippen LogP contribution in [0.3, 0.4) is 0 Å². The number of ketones is 1. The summed E-state index contributed by atoms with van der Waals surface area (Å²) in [7, 11) is 3.09. The first-order valence-corrected chi connectivity index (χ1v) is 10.5. The minimum atomic E-state index is -0.438. The molecule has 3 rings (SSSR count). The summed E-state index contributed by atoms with van der Waals surface area (Å²) in [4.78, 5) is 26.0. The van der Waals surface area contributed by atoms with Crippen LogP contribution < -0.4 is 15.0 Å². The Morgan fingerprint density at radius 1 is 1.09 bits per heavy atom. The largest absolute Gasteiger partial charge is 0.497 e. The second kappa shape index (κ2) is 11.1. The van der Waals surface area contributed by atoms with Gasteiger partial charge in [0.1, 0.15) is 29.7 Å². The van der Waals surface area contributed by atoms with Crippen molar-refractivity contribution >= 4 is 5.78 Å². The molecule has 0 saturated heterocycles. The van der Waals surface area contributed by atoms with Gasteiger partial charge in [-0.15, -0.1) is 0 Å². The molecule has 0 fully saturated rings. The smallest absolute Gasteiger partial charge is 0.268 e. The second-order valence-corrected chi connectivity index (χ2v) is 7.56. The van der Waals surface area contributed by atoms with Crippen LogP contribution in [0.4, 0.5) is 0 Å². The van der Waals surface area contributed by atoms with Crippen LogP contribution in [0.5, 0.6) is 11.5 Å². The van der Waals surface area contributed by atoms with Gasteiger partial charge in [-0.25, -0.2) is 0 Å². The number of hydrogen-bond acceptors (Lipinski definition) is 6. The molecule has 0 spiro atoms. The van der Waals surface area contributed by atoms with Crippen molar-refractivity contribution in [2.45, 2.75) is 26.5 Å². The number of nitriles is 1. The molecule has 7 heteroatoms. The van der Waals surface area contributed by atoms with E-state index >= 15 is 0 Å². The molecular formula is C26H26N2O5. The van der Waals surface area contributed by atoms with Crippen LogP contribution in [0.15, 0.2) is 59.5 Å². The molecule has 0 radical (unpaired) electrons. The fourth-order valence-electron chi connectivity index (χ4n) is 3.33. The molecule has 0 atom stereocenters. The van der Waals surface area contributed by atoms with Crippen molar-refractivity contribution in [1.29, 1.82) is 5.26 Å². The molecule has 7 nitrogen and oxygen atoms in total. The Labute approximate surface area is 192 Å². The molecular weight excluding hydrogens is 420 g/mol. The van der Waals surface area contributed by atoms with Gasteiger partial charge in [0, 0.05) is 32.0 Å². The molecule has 0 N–H and O–H groups in total. The predicted molar refractivity (Wildman–Crippen MR) is 124 cm³/mol. The third-order valence-electron chi connectivity index (χ3n) is 5.16. The molecule has 0 aliphatic heterocycles. The van der Waals surface area contributed by atoms with Crippen molar-refractivity contribution in [3.63, 3.8) is 0 Å². The Balaban J connectivity index is 1.96. The molecule has 1 heterocycles. The maximum absolute atomic E-state index is 13.5. The summed E-state index contributed by atoms with van der Waals surface area (Å²) >= 11 is 0. The minimum Gasteiger partial charge on any atom is -0.497 e. The highest BCUT2D eigenvalue weighted by molar-refractivity contribution is 6.11. The van der Waals surface area contributed by atoms with Crippen molar-refractivity contribution in [2.75, 3.05) is 20.8 Å². The van der Waals surface area contributed by atoms with Crippen LogP contribution in [0.2, 0.25) is 0 Å². The Bertz CT molecular complexity index is 1220. The van der Waals surface area contributed by atoms with Crippen LogP contribution in [-0.2, 0) is 17.9 Å². The van der Waals surface area contributed by atoms with E-state index in [2.05, 4.69) is 0 Å². The summed E-state index contributed by atoms with van der Waals surface area (Å²) < 4.78 is 17.7. The lowest BCUT2D eigenvalue weighted by atomic mass is 10.0. The monoisotopic (exact) mass is 446 g/mol. The van der Waals surface area contributed by atoms with E-state index in [1.165, 1.54) is 23.9 Å². The van der Waals surface area contributed by atoms with Gasteiger partial charge in [-0.3, -0.25) is 9.59 Å². The maximum Gasteiger partial charge on any atom is 0.268 e. The topological polar surface area (TPSA) is 90.5 Å². The van der Waals surface area contributed by atoms with Gasteiger partial charge in [0.25, 0.3) is 5.56 Å². The van der Waals surface area contributed by atoms with Gasteiger partial charge in [0.05, 0.1) is 12.7 Å². The highest BCUT2D eigenvalue weighted by Crippen LogP contribution is 2.27. The molecule has 0 aliphatic rings. The van der Waals surface area contributed by atoms with Crippen LogP contribution in [0, 0.1) is 18.3 Å². The van der Waals surface area contributed by atoms with E-state index in [4.69, 9.17) is 14.2 Å². The number of aryl methyl sites for hydroxylation is 2. The van der Waals surface area contributed by atoms with Crippen LogP contribution >= 0.6 is 0 Å². The number of carbonyl (C=O) groups excluding carboxylic acids is 1. The molecule has 0 unspecified atom stereocenters. The van der Waals surface area contributed by atoms with Crippen molar-refractivity contribution in [2.24, 2.45) is 0 Å². The second-order valence-electron chi connectivity index (χ2n) is 7.56. The Hall–Kier alpha value is -3.89. The first kappa shape index (κ1) is 23.8. The van der Waals surface area contributed by atoms with Gasteiger partial charge >= 0.3 is 0 Å². The Morgan fingerprint density at radius 2 is 1.85 bits per heavy atom. The fourth-order valence-corrected chi connectivity index (χ4v) is 3.33. The van der Waals surface area contributed by atoms with Crippen LogP contribution in [0.25, 0.3) is 0 Å². The molecule has 0 bridgehead atoms. The number of benzene rings is 2. The minimum absolute atomic E-state index is 0.0942. The molecule has 170 valence electrons. The van der Waals surface area contributed by atoms with E-state index in [1.54, 1.807) is 25.3 Å². The molecule has 2 aromatic carbocycles. The van der Waals surface area contributed by atoms with E-state index < -0.39 is 5.56 Å². The molecule has 0 aliphatic carbocycles. The predicted octanol–water partition coefficient (Wildman–Crippen LogP) is 3.88. The third kappa shape index (κ3) is 5.88. The summed E-state index contributed by atoms with van der Waals surface area (Å²) in [5, 5.41) is 9.41. The molecule has 0 saturated carbocycles. The van der Waals surface area contributed by atoms with Crippen molar-refractivity contribution < 1.29 is 19.0 Å². The summed E-state index contributed by atoms with van der Waals surface area (Å²) in [6.45, 7) is 3.08. The number of aromatic nitrogens is 1. The summed E-state index contributed by atoms with van der Waals surface area (Å²) in [6, 6.07) is 16.1. The van der Waals surface area contributed by atoms with E-state index in [9.17, 15) is 14.9 Å². The van der Waals surface area contributed by atoms with E-state index in [0.29, 0.717) is 31.1 Å². The first-order valence-electron chi connectivity index (χ1n) is 10.5. The average molecular weight is 447 g/mol. The maximum atomic E-state index is 13.5. The lowest BCUT2D eigenvalue weighted by Crippen LogP contribution is -2.24. The van der Waals surface area contributed by atoms with E-state index in [1.807, 2.05) is 37.3 Å². The number of carbonyl (C=O) groups is 1. The molecule has 0 amide bonds. The van der Waals surface area contributed by atoms with Gasteiger partial charge in [0.2, 0.25) is 0 Å². The molecule has 1 aromatic heterocycles. The van der Waals surface area contributed by atoms with Crippen molar-refractivity contribution in [3.8, 4) is 17.6 Å². The summed E-state index contributed by atoms with van der Waals surface area (Å²) in [6.07, 6.45) is 2.05. The summed E-state index contributed by atoms with van der Waals surface area (Å²) in [5.74, 6) is 0.511. The lowest BCUT2D eigenvalue weighted by Gasteiger charge is -2.14. The van der Waals surface area contributed by atoms with Gasteiger partial charge in [0.15, 0.2) is 5.78 Å². The normalized spacial score (nSPS) is 10.5. The summed E-state index contributed by atoms with van der Waals surface area (Å²) in [5.41, 5.74) is 2.08. The van der Waals surface area contributed by atoms with Gasteiger partial charge < -0.3 is 18.8 Å². The SMILES string of the molecule is COCCCn1cc(C(=O)c2cc(OC)ccc2OCc2ccc(C)cc2)cc(C#N)c1=O. The number of pyridine rings is 1. The quantitative estimate of drug-likeness (QED) is 0.347. The van der Waals surface area contributed by atoms with Crippen LogP contribution in [0.1, 0.15) is 39.0 Å². The Kier molecular flexibility index (Phi) is 8.01. The standard InChI is InChI=1S/C26H26N2O5/c1-18-5-7-19(8-6-18)17-33-24-10-9-22(32-3)14-23(24)25(29)21-13-20(15-27)26(30)28(16-21)11-4-12-31-2/h5-10,13-14,16H,4,11-12,17H2,1-3H3. The number of methoxy groups -OCH3 is 2. The highest BCUT2D eigenvalue weighted by Gasteiger charge is 2.19. The molecule has 3 aromatic rings. The van der Waals surface area contributed by atoms with E-state index in [-0.39, 0.29) is 29.1 Å². The van der Waals surface area contributed by atoms with E-state index in [0.717, 1.165) is 11.1 Å². The molecule has 33 heavy (non-hydrogen) atoms. The first-order chi connectivity index (χ1) is 16.0. The van der Waals surface area contributed by atoms with Gasteiger partial charge in [-0.05, 0) is 43.2 Å². The number of nitrogens with zero attached hydrogens (tertiary/aromatic N) is 2. The zero-order valence-corrected chi connectivity index (χ0v) is 19.0. The highest BCUT2D eigenvalue weighted by atomic mass is 16.5. The lowest BCUT2D eigenvalue weighted by molar-refractivity contribution is 0.103. The third-order valence-corrected chi connectivity index (χ3v) is 5.16. The van der Waals surface area contributed by atoms with Crippen molar-refractivity contribution in [1.82, 2.24) is 4.57 Å². The zero-order chi connectivity index (χ0) is 23.8. The average Bonchev–Trinajstić information content (AvgIpc) is 2.84. The van der Waals surface area contributed by atoms with Crippen LogP contribution in [-0.4, -0.2) is 31.2 Å². The number of hydrogen-bond donors (Lipinski definition) is 0. The van der Waals surface area contributed by atoms with Crippen molar-refractivity contribution in [3.05, 3.63) is 92.9 Å². The fraction of sp³-hybridized carbons (Fsp3) is 0.269. The van der Waals surface area contributed by atoms with Gasteiger partial charge in [-0.2, -0.15) is 5.26 Å². The number of ether oxygens (including phenoxy) is 3. The number of rotatable bonds is 10. The van der Waals surface area contributed by atoms with Gasteiger partial charge in [-0.1, -0.05) is 29.8 Å². The zero-order valence-electron chi connectivity index (χ0n) is 19.0. The Morgan fingerprint density at radius 3 is 2.52 bits per heavy atom.